The smallest absolute Gasteiger partial charge is 0.341 e. The van der Waals surface area contributed by atoms with Gasteiger partial charge in [-0.3, -0.25) is 4.79 Å². The zero-order valence-electron chi connectivity index (χ0n) is 8.88. The summed E-state index contributed by atoms with van der Waals surface area (Å²) < 4.78 is 9.47. The molecule has 0 spiro atoms. The van der Waals surface area contributed by atoms with E-state index in [4.69, 9.17) is 9.84 Å². The van der Waals surface area contributed by atoms with E-state index in [-0.39, 0.29) is 19.1 Å². The van der Waals surface area contributed by atoms with Gasteiger partial charge in [-0.05, 0) is 12.2 Å². The van der Waals surface area contributed by atoms with Crippen LogP contribution in [-0.4, -0.2) is 48.8 Å². The lowest BCUT2D eigenvalue weighted by molar-refractivity contribution is -0.141. The highest BCUT2D eigenvalue weighted by atomic mass is 16.5. The van der Waals surface area contributed by atoms with Crippen molar-refractivity contribution in [1.82, 2.24) is 4.90 Å². The Bertz CT molecular complexity index is 334. The molecule has 0 saturated heterocycles. The van der Waals surface area contributed by atoms with Gasteiger partial charge in [-0.1, -0.05) is 0 Å². The Morgan fingerprint density at radius 1 is 1.56 bits per heavy atom. The van der Waals surface area contributed by atoms with Crippen molar-refractivity contribution in [3.8, 4) is 0 Å². The maximum Gasteiger partial charge on any atom is 0.341 e. The zero-order chi connectivity index (χ0) is 12.0. The fourth-order valence-corrected chi connectivity index (χ4v) is 1.11. The second kappa shape index (κ2) is 5.79. The number of carbonyl (C=O) groups is 2. The first-order chi connectivity index (χ1) is 7.61. The first-order valence-electron chi connectivity index (χ1n) is 4.65. The lowest BCUT2D eigenvalue weighted by atomic mass is 10.3. The number of rotatable bonds is 5. The molecule has 1 N–H and O–H groups in total. The molecule has 1 rings (SSSR count). The highest BCUT2D eigenvalue weighted by molar-refractivity contribution is 5.71. The first kappa shape index (κ1) is 12.1. The topological polar surface area (TPSA) is 76.1 Å². The van der Waals surface area contributed by atoms with Gasteiger partial charge in [0, 0.05) is 12.7 Å². The Labute approximate surface area is 92.7 Å². The number of ether oxygens (including phenoxy) is 2. The largest absolute Gasteiger partial charge is 0.482 e. The predicted octanol–water partition coefficient (Wildman–Crippen LogP) is -0.0262. The molecule has 0 aliphatic carbocycles. The number of aliphatic carboxylic acids is 1. The summed E-state index contributed by atoms with van der Waals surface area (Å²) >= 11 is 0. The van der Waals surface area contributed by atoms with Crippen LogP contribution < -0.4 is 0 Å². The van der Waals surface area contributed by atoms with Gasteiger partial charge in [0.1, 0.15) is 12.3 Å². The average molecular weight is 227 g/mol. The molecule has 1 aliphatic rings. The number of carboxylic acids is 1. The summed E-state index contributed by atoms with van der Waals surface area (Å²) in [6.07, 6.45) is 4.97. The molecule has 16 heavy (non-hydrogen) atoms. The van der Waals surface area contributed by atoms with E-state index >= 15 is 0 Å². The van der Waals surface area contributed by atoms with E-state index in [1.807, 2.05) is 0 Å². The van der Waals surface area contributed by atoms with Gasteiger partial charge in [-0.2, -0.15) is 0 Å². The SMILES string of the molecule is COC(=O)CN1C=CC(OCC(=O)O)=CC1. The molecule has 0 atom stereocenters. The van der Waals surface area contributed by atoms with Crippen molar-refractivity contribution in [1.29, 1.82) is 0 Å². The van der Waals surface area contributed by atoms with Crippen LogP contribution in [0.4, 0.5) is 0 Å². The number of hydrogen-bond acceptors (Lipinski definition) is 5. The average Bonchev–Trinajstić information content (AvgIpc) is 2.28. The lowest BCUT2D eigenvalue weighted by Gasteiger charge is -2.20. The van der Waals surface area contributed by atoms with E-state index in [2.05, 4.69) is 4.74 Å². The number of allylic oxidation sites excluding steroid dienone is 1. The molecule has 0 aromatic rings. The van der Waals surface area contributed by atoms with Crippen LogP contribution in [0.1, 0.15) is 0 Å². The summed E-state index contributed by atoms with van der Waals surface area (Å²) in [6, 6.07) is 0. The molecule has 0 fully saturated rings. The summed E-state index contributed by atoms with van der Waals surface area (Å²) in [4.78, 5) is 22.9. The molecule has 0 aromatic heterocycles. The number of hydrogen-bond donors (Lipinski definition) is 1. The van der Waals surface area contributed by atoms with Crippen molar-refractivity contribution < 1.29 is 24.2 Å². The van der Waals surface area contributed by atoms with E-state index in [1.165, 1.54) is 7.11 Å². The Morgan fingerprint density at radius 3 is 2.81 bits per heavy atom. The summed E-state index contributed by atoms with van der Waals surface area (Å²) in [7, 11) is 1.33. The first-order valence-corrected chi connectivity index (χ1v) is 4.65. The molecule has 1 heterocycles. The predicted molar refractivity (Wildman–Crippen MR) is 54.4 cm³/mol. The molecule has 0 bridgehead atoms. The van der Waals surface area contributed by atoms with Crippen molar-refractivity contribution in [2.24, 2.45) is 0 Å². The molecule has 1 aliphatic heterocycles. The lowest BCUT2D eigenvalue weighted by Crippen LogP contribution is -2.27. The van der Waals surface area contributed by atoms with Crippen LogP contribution in [0.2, 0.25) is 0 Å². The molecule has 0 amide bonds. The minimum Gasteiger partial charge on any atom is -0.482 e. The van der Waals surface area contributed by atoms with Crippen molar-refractivity contribution in [3.63, 3.8) is 0 Å². The van der Waals surface area contributed by atoms with E-state index < -0.39 is 5.97 Å². The molecule has 0 saturated carbocycles. The third kappa shape index (κ3) is 4.04. The van der Waals surface area contributed by atoms with E-state index in [9.17, 15) is 9.59 Å². The number of carbonyl (C=O) groups excluding carboxylic acids is 1. The van der Waals surface area contributed by atoms with Gasteiger partial charge < -0.3 is 19.5 Å². The number of methoxy groups -OCH3 is 1. The summed E-state index contributed by atoms with van der Waals surface area (Å²) in [5.74, 6) is -0.859. The molecule has 88 valence electrons. The molecule has 0 aromatic carbocycles. The van der Waals surface area contributed by atoms with Crippen LogP contribution in [0, 0.1) is 0 Å². The van der Waals surface area contributed by atoms with Gasteiger partial charge in [0.2, 0.25) is 0 Å². The summed E-state index contributed by atoms with van der Waals surface area (Å²) in [5, 5.41) is 8.40. The highest BCUT2D eigenvalue weighted by Gasteiger charge is 2.10. The Balaban J connectivity index is 2.35. The Kier molecular flexibility index (Phi) is 4.38. The van der Waals surface area contributed by atoms with Crippen molar-refractivity contribution >= 4 is 11.9 Å². The Morgan fingerprint density at radius 2 is 2.31 bits per heavy atom. The molecule has 6 heteroatoms. The van der Waals surface area contributed by atoms with E-state index in [0.29, 0.717) is 12.3 Å². The zero-order valence-corrected chi connectivity index (χ0v) is 8.88. The van der Waals surface area contributed by atoms with E-state index in [0.717, 1.165) is 0 Å². The van der Waals surface area contributed by atoms with Gasteiger partial charge in [0.15, 0.2) is 6.61 Å². The van der Waals surface area contributed by atoms with Crippen LogP contribution in [-0.2, 0) is 19.1 Å². The van der Waals surface area contributed by atoms with Crippen molar-refractivity contribution in [3.05, 3.63) is 24.1 Å². The number of nitrogens with zero attached hydrogens (tertiary/aromatic N) is 1. The summed E-state index contributed by atoms with van der Waals surface area (Å²) in [6.45, 7) is 0.281. The fourth-order valence-electron chi connectivity index (χ4n) is 1.11. The quantitative estimate of drug-likeness (QED) is 0.665. The Hall–Kier alpha value is -1.98. The monoisotopic (exact) mass is 227 g/mol. The highest BCUT2D eigenvalue weighted by Crippen LogP contribution is 2.08. The normalized spacial score (nSPS) is 14.3. The molecular weight excluding hydrogens is 214 g/mol. The molecule has 6 nitrogen and oxygen atoms in total. The van der Waals surface area contributed by atoms with Gasteiger partial charge in [-0.25, -0.2) is 4.79 Å². The minimum atomic E-state index is -1.02. The van der Waals surface area contributed by atoms with Crippen LogP contribution in [0.3, 0.4) is 0 Å². The fraction of sp³-hybridized carbons (Fsp3) is 0.400. The maximum absolute atomic E-state index is 10.9. The number of esters is 1. The van der Waals surface area contributed by atoms with Crippen LogP contribution in [0.5, 0.6) is 0 Å². The summed E-state index contributed by atoms with van der Waals surface area (Å²) in [5.41, 5.74) is 0. The van der Waals surface area contributed by atoms with Crippen molar-refractivity contribution in [2.75, 3.05) is 26.8 Å². The molecule has 0 unspecified atom stereocenters. The molecular formula is C10H13NO5. The standard InChI is InChI=1S/C10H13NO5/c1-15-10(14)6-11-4-2-8(3-5-11)16-7-9(12)13/h2-4H,5-7H2,1H3,(H,12,13). The minimum absolute atomic E-state index is 0.162. The van der Waals surface area contributed by atoms with Gasteiger partial charge >= 0.3 is 11.9 Å². The van der Waals surface area contributed by atoms with E-state index in [1.54, 1.807) is 23.3 Å². The third-order valence-corrected chi connectivity index (χ3v) is 1.90. The van der Waals surface area contributed by atoms with Crippen molar-refractivity contribution in [2.45, 2.75) is 0 Å². The van der Waals surface area contributed by atoms with Crippen LogP contribution in [0.15, 0.2) is 24.1 Å². The second-order valence-corrected chi connectivity index (χ2v) is 3.11. The maximum atomic E-state index is 10.9. The third-order valence-electron chi connectivity index (χ3n) is 1.90. The number of carboxylic acid groups (broad SMARTS) is 1. The van der Waals surface area contributed by atoms with Gasteiger partial charge in [-0.15, -0.1) is 0 Å². The van der Waals surface area contributed by atoms with Gasteiger partial charge in [0.25, 0.3) is 0 Å². The molecule has 0 radical (unpaired) electrons. The second-order valence-electron chi connectivity index (χ2n) is 3.11. The van der Waals surface area contributed by atoms with Crippen LogP contribution in [0.25, 0.3) is 0 Å². The van der Waals surface area contributed by atoms with Crippen LogP contribution >= 0.6 is 0 Å². The van der Waals surface area contributed by atoms with Gasteiger partial charge in [0.05, 0.1) is 7.11 Å².